The normalized spacial score (nSPS) is 19.3. The maximum Gasteiger partial charge on any atom is 0.130 e. The highest BCUT2D eigenvalue weighted by Crippen LogP contribution is 2.26. The number of fused-ring (bicyclic) bond motifs is 1. The molecule has 1 aromatic heterocycles. The molecule has 2 aromatic rings. The van der Waals surface area contributed by atoms with Gasteiger partial charge in [-0.3, -0.25) is 4.98 Å². The van der Waals surface area contributed by atoms with E-state index in [2.05, 4.69) is 16.4 Å². The molecule has 0 saturated carbocycles. The number of nitrogens with one attached hydrogen (secondary N) is 1. The molecule has 1 saturated heterocycles. The van der Waals surface area contributed by atoms with Gasteiger partial charge in [0.25, 0.3) is 0 Å². The molecule has 18 heavy (non-hydrogen) atoms. The fourth-order valence-corrected chi connectivity index (χ4v) is 2.45. The van der Waals surface area contributed by atoms with E-state index in [1.165, 1.54) is 6.42 Å². The molecule has 1 unspecified atom stereocenters. The molecule has 1 aliphatic rings. The maximum absolute atomic E-state index is 6.00. The highest BCUT2D eigenvalue weighted by molar-refractivity contribution is 5.85. The summed E-state index contributed by atoms with van der Waals surface area (Å²) >= 11 is 0. The number of aromatic nitrogens is 1. The molecule has 0 amide bonds. The van der Waals surface area contributed by atoms with E-state index < -0.39 is 0 Å². The van der Waals surface area contributed by atoms with E-state index in [1.54, 1.807) is 0 Å². The first-order valence-corrected chi connectivity index (χ1v) is 6.53. The van der Waals surface area contributed by atoms with Crippen LogP contribution in [0.15, 0.2) is 30.3 Å². The van der Waals surface area contributed by atoms with Crippen molar-refractivity contribution in [3.8, 4) is 5.75 Å². The zero-order chi connectivity index (χ0) is 12.4. The highest BCUT2D eigenvalue weighted by Gasteiger charge is 2.15. The summed E-state index contributed by atoms with van der Waals surface area (Å²) in [6, 6.07) is 10.2. The second-order valence-electron chi connectivity index (χ2n) is 4.95. The summed E-state index contributed by atoms with van der Waals surface area (Å²) < 4.78 is 6.00. The number of aryl methyl sites for hydroxylation is 1. The number of hydrogen-bond donors (Lipinski definition) is 1. The molecule has 3 heteroatoms. The van der Waals surface area contributed by atoms with Crippen LogP contribution in [-0.2, 0) is 0 Å². The number of ether oxygens (including phenoxy) is 1. The Hall–Kier alpha value is -1.61. The van der Waals surface area contributed by atoms with Crippen molar-refractivity contribution >= 4 is 10.9 Å². The van der Waals surface area contributed by atoms with Gasteiger partial charge in [0.15, 0.2) is 0 Å². The van der Waals surface area contributed by atoms with Crippen molar-refractivity contribution in [3.05, 3.63) is 36.0 Å². The molecular formula is C15H18N2O. The van der Waals surface area contributed by atoms with Crippen molar-refractivity contribution in [2.75, 3.05) is 19.7 Å². The van der Waals surface area contributed by atoms with E-state index in [9.17, 15) is 0 Å². The third-order valence-electron chi connectivity index (χ3n) is 3.44. The van der Waals surface area contributed by atoms with Gasteiger partial charge < -0.3 is 10.1 Å². The summed E-state index contributed by atoms with van der Waals surface area (Å²) in [6.45, 7) is 4.99. The van der Waals surface area contributed by atoms with E-state index in [-0.39, 0.29) is 0 Å². The minimum Gasteiger partial charge on any atom is -0.492 e. The van der Waals surface area contributed by atoms with Crippen molar-refractivity contribution in [1.29, 1.82) is 0 Å². The topological polar surface area (TPSA) is 34.1 Å². The summed E-state index contributed by atoms with van der Waals surface area (Å²) in [6.07, 6.45) is 1.21. The second-order valence-corrected chi connectivity index (χ2v) is 4.95. The third-order valence-corrected chi connectivity index (χ3v) is 3.44. The summed E-state index contributed by atoms with van der Waals surface area (Å²) in [5.41, 5.74) is 2.02. The molecule has 0 aliphatic carbocycles. The van der Waals surface area contributed by atoms with E-state index in [1.807, 2.05) is 31.2 Å². The van der Waals surface area contributed by atoms with Crippen LogP contribution in [0.25, 0.3) is 10.9 Å². The Morgan fingerprint density at radius 3 is 3.11 bits per heavy atom. The zero-order valence-electron chi connectivity index (χ0n) is 10.6. The van der Waals surface area contributed by atoms with Crippen LogP contribution >= 0.6 is 0 Å². The Balaban J connectivity index is 1.85. The Labute approximate surface area is 107 Å². The first-order valence-electron chi connectivity index (χ1n) is 6.53. The van der Waals surface area contributed by atoms with Crippen molar-refractivity contribution in [2.24, 2.45) is 5.92 Å². The van der Waals surface area contributed by atoms with Gasteiger partial charge in [-0.1, -0.05) is 12.1 Å². The molecule has 1 fully saturated rings. The van der Waals surface area contributed by atoms with Crippen LogP contribution in [0.2, 0.25) is 0 Å². The van der Waals surface area contributed by atoms with Gasteiger partial charge in [0, 0.05) is 29.6 Å². The van der Waals surface area contributed by atoms with Crippen LogP contribution < -0.4 is 10.1 Å². The van der Waals surface area contributed by atoms with E-state index in [4.69, 9.17) is 4.74 Å². The van der Waals surface area contributed by atoms with Gasteiger partial charge in [0.2, 0.25) is 0 Å². The number of benzene rings is 1. The van der Waals surface area contributed by atoms with Gasteiger partial charge in [-0.15, -0.1) is 0 Å². The number of para-hydroxylation sites is 1. The van der Waals surface area contributed by atoms with Gasteiger partial charge >= 0.3 is 0 Å². The molecule has 0 bridgehead atoms. The molecule has 1 atom stereocenters. The Morgan fingerprint density at radius 2 is 2.28 bits per heavy atom. The molecule has 0 radical (unpaired) electrons. The van der Waals surface area contributed by atoms with E-state index in [0.717, 1.165) is 42.0 Å². The Morgan fingerprint density at radius 1 is 1.39 bits per heavy atom. The second kappa shape index (κ2) is 4.94. The molecule has 2 heterocycles. The monoisotopic (exact) mass is 242 g/mol. The first kappa shape index (κ1) is 11.5. The molecule has 3 rings (SSSR count). The van der Waals surface area contributed by atoms with Crippen LogP contribution in [0.1, 0.15) is 12.1 Å². The molecule has 3 nitrogen and oxygen atoms in total. The van der Waals surface area contributed by atoms with Crippen molar-refractivity contribution in [3.63, 3.8) is 0 Å². The summed E-state index contributed by atoms with van der Waals surface area (Å²) in [4.78, 5) is 4.52. The van der Waals surface area contributed by atoms with Crippen LogP contribution in [0.3, 0.4) is 0 Å². The predicted octanol–water partition coefficient (Wildman–Crippen LogP) is 2.53. The smallest absolute Gasteiger partial charge is 0.130 e. The molecular weight excluding hydrogens is 224 g/mol. The Bertz CT molecular complexity index is 547. The molecule has 94 valence electrons. The lowest BCUT2D eigenvalue weighted by Gasteiger charge is -2.13. The standard InChI is InChI=1S/C15H18N2O/c1-11-8-15(18-10-12-6-7-16-9-12)13-4-2-3-5-14(13)17-11/h2-5,8,12,16H,6-7,9-10H2,1H3. The average molecular weight is 242 g/mol. The molecule has 1 aliphatic heterocycles. The number of nitrogens with zero attached hydrogens (tertiary/aromatic N) is 1. The van der Waals surface area contributed by atoms with E-state index >= 15 is 0 Å². The molecule has 1 N–H and O–H groups in total. The van der Waals surface area contributed by atoms with Crippen LogP contribution in [-0.4, -0.2) is 24.7 Å². The van der Waals surface area contributed by atoms with Gasteiger partial charge in [-0.05, 0) is 32.0 Å². The van der Waals surface area contributed by atoms with Crippen LogP contribution in [0, 0.1) is 12.8 Å². The first-order chi connectivity index (χ1) is 8.83. The largest absolute Gasteiger partial charge is 0.492 e. The van der Waals surface area contributed by atoms with Crippen molar-refractivity contribution in [2.45, 2.75) is 13.3 Å². The lowest BCUT2D eigenvalue weighted by atomic mass is 10.1. The van der Waals surface area contributed by atoms with Gasteiger partial charge in [-0.2, -0.15) is 0 Å². The molecule has 0 spiro atoms. The predicted molar refractivity (Wildman–Crippen MR) is 73.0 cm³/mol. The minimum absolute atomic E-state index is 0.636. The lowest BCUT2D eigenvalue weighted by molar-refractivity contribution is 0.262. The summed E-state index contributed by atoms with van der Waals surface area (Å²) in [5, 5.41) is 4.47. The van der Waals surface area contributed by atoms with Crippen LogP contribution in [0.4, 0.5) is 0 Å². The summed E-state index contributed by atoms with van der Waals surface area (Å²) in [7, 11) is 0. The number of rotatable bonds is 3. The fraction of sp³-hybridized carbons (Fsp3) is 0.400. The highest BCUT2D eigenvalue weighted by atomic mass is 16.5. The quantitative estimate of drug-likeness (QED) is 0.898. The van der Waals surface area contributed by atoms with Gasteiger partial charge in [0.05, 0.1) is 12.1 Å². The average Bonchev–Trinajstić information content (AvgIpc) is 2.89. The van der Waals surface area contributed by atoms with Gasteiger partial charge in [0.1, 0.15) is 5.75 Å². The third kappa shape index (κ3) is 2.31. The zero-order valence-corrected chi connectivity index (χ0v) is 10.6. The summed E-state index contributed by atoms with van der Waals surface area (Å²) in [5.74, 6) is 1.60. The van der Waals surface area contributed by atoms with Crippen molar-refractivity contribution < 1.29 is 4.74 Å². The maximum atomic E-state index is 6.00. The van der Waals surface area contributed by atoms with E-state index in [0.29, 0.717) is 5.92 Å². The van der Waals surface area contributed by atoms with Gasteiger partial charge in [-0.25, -0.2) is 0 Å². The number of hydrogen-bond acceptors (Lipinski definition) is 3. The SMILES string of the molecule is Cc1cc(OCC2CCNC2)c2ccccc2n1. The molecule has 1 aromatic carbocycles. The fourth-order valence-electron chi connectivity index (χ4n) is 2.45. The van der Waals surface area contributed by atoms with Crippen LogP contribution in [0.5, 0.6) is 5.75 Å². The number of pyridine rings is 1. The Kier molecular flexibility index (Phi) is 3.15. The van der Waals surface area contributed by atoms with Crippen molar-refractivity contribution in [1.82, 2.24) is 10.3 Å². The minimum atomic E-state index is 0.636. The lowest BCUT2D eigenvalue weighted by Crippen LogP contribution is -2.15.